The summed E-state index contributed by atoms with van der Waals surface area (Å²) in [6, 6.07) is 17.3. The van der Waals surface area contributed by atoms with Gasteiger partial charge in [0.25, 0.3) is 0 Å². The van der Waals surface area contributed by atoms with E-state index in [0.29, 0.717) is 23.1 Å². The van der Waals surface area contributed by atoms with E-state index in [2.05, 4.69) is 13.8 Å². The highest BCUT2D eigenvalue weighted by atomic mass is 35.5. The van der Waals surface area contributed by atoms with E-state index in [1.807, 2.05) is 54.6 Å². The number of carbonyl (C=O) groups excluding carboxylic acids is 2. The average Bonchev–Trinajstić information content (AvgIpc) is 3.29. The number of para-hydroxylation sites is 1. The Balaban J connectivity index is 1.73. The number of carbonyl (C=O) groups is 2. The molecule has 0 spiro atoms. The van der Waals surface area contributed by atoms with E-state index in [1.165, 1.54) is 17.8 Å². The van der Waals surface area contributed by atoms with Crippen molar-refractivity contribution in [2.24, 2.45) is 11.8 Å². The van der Waals surface area contributed by atoms with Crippen LogP contribution in [0.1, 0.15) is 68.5 Å². The number of hydrogen-bond acceptors (Lipinski definition) is 4. The lowest BCUT2D eigenvalue weighted by atomic mass is 9.85. The number of halogens is 1. The molecule has 0 radical (unpaired) electrons. The summed E-state index contributed by atoms with van der Waals surface area (Å²) < 4.78 is 5.81. The number of esters is 1. The molecule has 0 saturated heterocycles. The first kappa shape index (κ1) is 24.7. The average molecular weight is 495 g/mol. The maximum Gasteiger partial charge on any atom is 0.311 e. The minimum absolute atomic E-state index is 0.0995. The molecule has 1 saturated carbocycles. The molecule has 0 aliphatic heterocycles. The number of rotatable bonds is 8. The number of thiophene rings is 1. The molecule has 3 nitrogen and oxygen atoms in total. The van der Waals surface area contributed by atoms with Gasteiger partial charge in [-0.2, -0.15) is 0 Å². The largest absolute Gasteiger partial charge is 0.426 e. The zero-order valence-corrected chi connectivity index (χ0v) is 21.4. The van der Waals surface area contributed by atoms with E-state index in [0.717, 1.165) is 58.5 Å². The first-order chi connectivity index (χ1) is 16.4. The SMILES string of the molecule is CC(C)CCC(=O)Oc1ccccc1-c1cc(C(=O)C2CCCCC2)sc1-c1ccc(Cl)cc1. The van der Waals surface area contributed by atoms with E-state index in [-0.39, 0.29) is 17.7 Å². The van der Waals surface area contributed by atoms with E-state index in [4.69, 9.17) is 16.3 Å². The summed E-state index contributed by atoms with van der Waals surface area (Å²) in [5.74, 6) is 1.06. The topological polar surface area (TPSA) is 43.4 Å². The highest BCUT2D eigenvalue weighted by molar-refractivity contribution is 7.18. The Kier molecular flexibility index (Phi) is 8.23. The summed E-state index contributed by atoms with van der Waals surface area (Å²) in [7, 11) is 0. The molecule has 5 heteroatoms. The van der Waals surface area contributed by atoms with Crippen LogP contribution in [-0.4, -0.2) is 11.8 Å². The van der Waals surface area contributed by atoms with Gasteiger partial charge >= 0.3 is 5.97 Å². The van der Waals surface area contributed by atoms with Crippen molar-refractivity contribution in [2.45, 2.75) is 58.8 Å². The van der Waals surface area contributed by atoms with Crippen LogP contribution in [-0.2, 0) is 4.79 Å². The van der Waals surface area contributed by atoms with Gasteiger partial charge in [-0.25, -0.2) is 0 Å². The van der Waals surface area contributed by atoms with Crippen LogP contribution in [0, 0.1) is 11.8 Å². The third-order valence-electron chi connectivity index (χ3n) is 6.38. The fraction of sp³-hybridized carbons (Fsp3) is 0.379. The first-order valence-corrected chi connectivity index (χ1v) is 13.4. The molecule has 3 aromatic rings. The van der Waals surface area contributed by atoms with Crippen molar-refractivity contribution >= 4 is 34.7 Å². The predicted octanol–water partition coefficient (Wildman–Crippen LogP) is 8.84. The summed E-state index contributed by atoms with van der Waals surface area (Å²) in [6.07, 6.45) is 6.55. The highest BCUT2D eigenvalue weighted by Crippen LogP contribution is 2.44. The third kappa shape index (κ3) is 5.97. The monoisotopic (exact) mass is 494 g/mol. The molecule has 0 unspecified atom stereocenters. The lowest BCUT2D eigenvalue weighted by molar-refractivity contribution is -0.134. The van der Waals surface area contributed by atoms with Crippen LogP contribution < -0.4 is 4.74 Å². The van der Waals surface area contributed by atoms with Gasteiger partial charge in [0, 0.05) is 33.4 Å². The van der Waals surface area contributed by atoms with E-state index < -0.39 is 0 Å². The fourth-order valence-corrected chi connectivity index (χ4v) is 5.78. The summed E-state index contributed by atoms with van der Waals surface area (Å²) in [5, 5.41) is 0.667. The summed E-state index contributed by atoms with van der Waals surface area (Å²) in [5.41, 5.74) is 2.73. The van der Waals surface area contributed by atoms with Crippen molar-refractivity contribution in [1.29, 1.82) is 0 Å². The zero-order valence-electron chi connectivity index (χ0n) is 19.8. The van der Waals surface area contributed by atoms with E-state index in [9.17, 15) is 9.59 Å². The Morgan fingerprint density at radius 3 is 2.41 bits per heavy atom. The number of hydrogen-bond donors (Lipinski definition) is 0. The van der Waals surface area contributed by atoms with Crippen LogP contribution in [0.2, 0.25) is 5.02 Å². The van der Waals surface area contributed by atoms with Crippen molar-refractivity contribution < 1.29 is 14.3 Å². The molecule has 0 amide bonds. The van der Waals surface area contributed by atoms with Gasteiger partial charge in [0.05, 0.1) is 4.88 Å². The van der Waals surface area contributed by atoms with Gasteiger partial charge in [0.1, 0.15) is 5.75 Å². The molecule has 1 aliphatic rings. The molecular weight excluding hydrogens is 464 g/mol. The van der Waals surface area contributed by atoms with E-state index in [1.54, 1.807) is 0 Å². The van der Waals surface area contributed by atoms with Gasteiger partial charge < -0.3 is 4.74 Å². The van der Waals surface area contributed by atoms with Crippen molar-refractivity contribution in [2.75, 3.05) is 0 Å². The lowest BCUT2D eigenvalue weighted by Crippen LogP contribution is -2.16. The van der Waals surface area contributed by atoms with Crippen LogP contribution in [0.4, 0.5) is 0 Å². The number of ether oxygens (including phenoxy) is 1. The van der Waals surface area contributed by atoms with Gasteiger partial charge in [0.2, 0.25) is 0 Å². The summed E-state index contributed by atoms with van der Waals surface area (Å²) >= 11 is 7.66. The summed E-state index contributed by atoms with van der Waals surface area (Å²) in [6.45, 7) is 4.19. The normalized spacial score (nSPS) is 14.4. The Morgan fingerprint density at radius 1 is 1.00 bits per heavy atom. The van der Waals surface area contributed by atoms with Crippen LogP contribution in [0.15, 0.2) is 54.6 Å². The molecule has 0 N–H and O–H groups in total. The molecule has 2 aromatic carbocycles. The maximum absolute atomic E-state index is 13.4. The second-order valence-electron chi connectivity index (χ2n) is 9.46. The zero-order chi connectivity index (χ0) is 24.1. The molecule has 4 rings (SSSR count). The van der Waals surface area contributed by atoms with Gasteiger partial charge in [-0.3, -0.25) is 9.59 Å². The van der Waals surface area contributed by atoms with Crippen LogP contribution in [0.25, 0.3) is 21.6 Å². The molecule has 178 valence electrons. The van der Waals surface area contributed by atoms with Gasteiger partial charge in [-0.05, 0) is 55.0 Å². The molecule has 1 fully saturated rings. The van der Waals surface area contributed by atoms with Crippen molar-refractivity contribution in [1.82, 2.24) is 0 Å². The van der Waals surface area contributed by atoms with Crippen LogP contribution >= 0.6 is 22.9 Å². The highest BCUT2D eigenvalue weighted by Gasteiger charge is 2.26. The predicted molar refractivity (Wildman–Crippen MR) is 141 cm³/mol. The van der Waals surface area contributed by atoms with Gasteiger partial charge in [0.15, 0.2) is 5.78 Å². The Labute approximate surface area is 211 Å². The summed E-state index contributed by atoms with van der Waals surface area (Å²) in [4.78, 5) is 27.7. The smallest absolute Gasteiger partial charge is 0.311 e. The molecule has 0 atom stereocenters. The minimum Gasteiger partial charge on any atom is -0.426 e. The number of benzene rings is 2. The third-order valence-corrected chi connectivity index (χ3v) is 7.83. The van der Waals surface area contributed by atoms with Crippen LogP contribution in [0.3, 0.4) is 0 Å². The maximum atomic E-state index is 13.4. The van der Waals surface area contributed by atoms with Crippen molar-refractivity contribution in [3.05, 3.63) is 64.5 Å². The van der Waals surface area contributed by atoms with Crippen molar-refractivity contribution in [3.8, 4) is 27.3 Å². The molecule has 1 heterocycles. The number of ketones is 1. The molecular formula is C29H31ClO3S. The second-order valence-corrected chi connectivity index (χ2v) is 11.0. The quantitative estimate of drug-likeness (QED) is 0.178. The standard InChI is InChI=1S/C29H31ClO3S/c1-19(2)12-17-27(31)33-25-11-7-6-10-23(25)24-18-26(28(32)20-8-4-3-5-9-20)34-29(24)21-13-15-22(30)16-14-21/h6-7,10-11,13-16,18-20H,3-5,8-9,12,17H2,1-2H3. The first-order valence-electron chi connectivity index (χ1n) is 12.2. The fourth-order valence-electron chi connectivity index (χ4n) is 4.45. The Hall–Kier alpha value is -2.43. The van der Waals surface area contributed by atoms with Crippen LogP contribution in [0.5, 0.6) is 5.75 Å². The van der Waals surface area contributed by atoms with Crippen molar-refractivity contribution in [3.63, 3.8) is 0 Å². The Morgan fingerprint density at radius 2 is 1.71 bits per heavy atom. The molecule has 1 aliphatic carbocycles. The van der Waals surface area contributed by atoms with E-state index >= 15 is 0 Å². The number of Topliss-reactive ketones (excluding diaryl/α,β-unsaturated/α-hetero) is 1. The minimum atomic E-state index is -0.233. The lowest BCUT2D eigenvalue weighted by Gasteiger charge is -2.19. The second kappa shape index (κ2) is 11.3. The molecule has 1 aromatic heterocycles. The van der Waals surface area contributed by atoms with Gasteiger partial charge in [-0.15, -0.1) is 11.3 Å². The van der Waals surface area contributed by atoms with Gasteiger partial charge in [-0.1, -0.05) is 75.0 Å². The molecule has 0 bridgehead atoms. The Bertz CT molecular complexity index is 1140. The molecule has 34 heavy (non-hydrogen) atoms.